The number of carbonyl (C=O) groups is 1. The number of aryl methyl sites for hydroxylation is 1. The number of hydrogen-bond donors (Lipinski definition) is 1. The lowest BCUT2D eigenvalue weighted by Crippen LogP contribution is -2.35. The second kappa shape index (κ2) is 9.28. The molecule has 3 rings (SSSR count). The lowest BCUT2D eigenvalue weighted by Gasteiger charge is -2.30. The molecule has 0 radical (unpaired) electrons. The normalized spacial score (nSPS) is 15.9. The number of benzene rings is 1. The molecule has 140 valence electrons. The van der Waals surface area contributed by atoms with Gasteiger partial charge in [-0.15, -0.1) is 11.3 Å². The number of nitrogens with one attached hydrogen (secondary N) is 1. The Morgan fingerprint density at radius 2 is 2.00 bits per heavy atom. The van der Waals surface area contributed by atoms with Gasteiger partial charge in [-0.1, -0.05) is 36.8 Å². The second-order valence-electron chi connectivity index (χ2n) is 7.41. The van der Waals surface area contributed by atoms with Crippen molar-refractivity contribution in [2.45, 2.75) is 39.5 Å². The molecule has 1 saturated heterocycles. The zero-order valence-corrected chi connectivity index (χ0v) is 16.6. The van der Waals surface area contributed by atoms with Crippen LogP contribution in [0.2, 0.25) is 0 Å². The van der Waals surface area contributed by atoms with Gasteiger partial charge < -0.3 is 10.2 Å². The number of rotatable bonds is 7. The van der Waals surface area contributed by atoms with E-state index in [0.29, 0.717) is 6.42 Å². The van der Waals surface area contributed by atoms with Crippen LogP contribution in [0.25, 0.3) is 10.6 Å². The first-order valence-electron chi connectivity index (χ1n) is 9.60. The van der Waals surface area contributed by atoms with Crippen LogP contribution in [-0.2, 0) is 11.2 Å². The molecule has 0 unspecified atom stereocenters. The fraction of sp³-hybridized carbons (Fsp3) is 0.524. The van der Waals surface area contributed by atoms with E-state index in [2.05, 4.69) is 53.3 Å². The maximum Gasteiger partial charge on any atom is 0.226 e. The summed E-state index contributed by atoms with van der Waals surface area (Å²) in [6.07, 6.45) is 3.99. The topological polar surface area (TPSA) is 45.2 Å². The van der Waals surface area contributed by atoms with Gasteiger partial charge in [0.25, 0.3) is 0 Å². The molecule has 26 heavy (non-hydrogen) atoms. The van der Waals surface area contributed by atoms with Crippen LogP contribution in [-0.4, -0.2) is 42.0 Å². The Hall–Kier alpha value is -1.72. The average molecular weight is 372 g/mol. The van der Waals surface area contributed by atoms with Gasteiger partial charge in [-0.3, -0.25) is 4.79 Å². The van der Waals surface area contributed by atoms with E-state index in [1.165, 1.54) is 31.5 Å². The molecule has 5 heteroatoms. The van der Waals surface area contributed by atoms with Gasteiger partial charge in [-0.25, -0.2) is 4.98 Å². The number of amides is 1. The number of hydrogen-bond acceptors (Lipinski definition) is 4. The van der Waals surface area contributed by atoms with E-state index in [-0.39, 0.29) is 5.91 Å². The Kier molecular flexibility index (Phi) is 6.80. The van der Waals surface area contributed by atoms with Gasteiger partial charge in [-0.2, -0.15) is 0 Å². The van der Waals surface area contributed by atoms with Crippen molar-refractivity contribution in [1.29, 1.82) is 0 Å². The van der Waals surface area contributed by atoms with Crippen LogP contribution in [0.5, 0.6) is 0 Å². The van der Waals surface area contributed by atoms with Crippen molar-refractivity contribution < 1.29 is 4.79 Å². The zero-order valence-electron chi connectivity index (χ0n) is 15.8. The van der Waals surface area contributed by atoms with Crippen molar-refractivity contribution in [3.05, 3.63) is 40.9 Å². The number of thiazole rings is 1. The number of nitrogens with zero attached hydrogens (tertiary/aromatic N) is 2. The molecular weight excluding hydrogens is 342 g/mol. The van der Waals surface area contributed by atoms with Crippen molar-refractivity contribution >= 4 is 17.2 Å². The van der Waals surface area contributed by atoms with Crippen LogP contribution in [0, 0.1) is 12.8 Å². The fourth-order valence-electron chi connectivity index (χ4n) is 3.26. The molecule has 1 fully saturated rings. The maximum absolute atomic E-state index is 12.1. The molecule has 1 N–H and O–H groups in total. The Bertz CT molecular complexity index is 702. The van der Waals surface area contributed by atoms with Crippen molar-refractivity contribution in [1.82, 2.24) is 15.2 Å². The van der Waals surface area contributed by atoms with Gasteiger partial charge in [-0.05, 0) is 51.7 Å². The first-order valence-corrected chi connectivity index (χ1v) is 10.5. The molecule has 1 amide bonds. The van der Waals surface area contributed by atoms with Gasteiger partial charge in [0.1, 0.15) is 5.01 Å². The third-order valence-corrected chi connectivity index (χ3v) is 5.98. The molecule has 1 aromatic heterocycles. The lowest BCUT2D eigenvalue weighted by molar-refractivity contribution is -0.120. The van der Waals surface area contributed by atoms with E-state index in [4.69, 9.17) is 0 Å². The van der Waals surface area contributed by atoms with Gasteiger partial charge in [0, 0.05) is 17.5 Å². The summed E-state index contributed by atoms with van der Waals surface area (Å²) >= 11 is 1.60. The summed E-state index contributed by atoms with van der Waals surface area (Å²) in [5.41, 5.74) is 3.21. The van der Waals surface area contributed by atoms with E-state index in [9.17, 15) is 4.79 Å². The smallest absolute Gasteiger partial charge is 0.226 e. The van der Waals surface area contributed by atoms with Gasteiger partial charge in [0.15, 0.2) is 0 Å². The predicted octanol–water partition coefficient (Wildman–Crippen LogP) is 3.90. The lowest BCUT2D eigenvalue weighted by atomic mass is 9.99. The first-order chi connectivity index (χ1) is 12.6. The average Bonchev–Trinajstić information content (AvgIpc) is 3.09. The molecule has 1 aliphatic heterocycles. The summed E-state index contributed by atoms with van der Waals surface area (Å²) in [6.45, 7) is 8.65. The molecule has 2 heterocycles. The van der Waals surface area contributed by atoms with Crippen LogP contribution < -0.4 is 5.32 Å². The van der Waals surface area contributed by atoms with Crippen LogP contribution >= 0.6 is 11.3 Å². The Labute approximate surface area is 160 Å². The number of carbonyl (C=O) groups excluding carboxylic acids is 1. The summed E-state index contributed by atoms with van der Waals surface area (Å²) in [7, 11) is 0. The minimum atomic E-state index is 0.0676. The summed E-state index contributed by atoms with van der Waals surface area (Å²) < 4.78 is 0. The molecule has 0 bridgehead atoms. The summed E-state index contributed by atoms with van der Waals surface area (Å²) in [4.78, 5) is 19.3. The van der Waals surface area contributed by atoms with Crippen molar-refractivity contribution in [2.75, 3.05) is 26.2 Å². The number of aromatic nitrogens is 1. The standard InChI is InChI=1S/C21H29N3OS/c1-16-4-6-18(7-5-16)21-23-19(15-26-21)14-20(25)22-10-3-11-24-12-8-17(2)9-13-24/h4-7,15,17H,3,8-14H2,1-2H3,(H,22,25). The molecule has 2 aromatic rings. The number of likely N-dealkylation sites (tertiary alicyclic amines) is 1. The highest BCUT2D eigenvalue weighted by Gasteiger charge is 2.15. The monoisotopic (exact) mass is 371 g/mol. The third kappa shape index (κ3) is 5.64. The fourth-order valence-corrected chi connectivity index (χ4v) is 4.09. The number of piperidine rings is 1. The van der Waals surface area contributed by atoms with E-state index in [1.807, 2.05) is 5.38 Å². The molecule has 1 aromatic carbocycles. The van der Waals surface area contributed by atoms with Crippen LogP contribution in [0.4, 0.5) is 0 Å². The first kappa shape index (κ1) is 19.1. The third-order valence-electron chi connectivity index (χ3n) is 5.04. The van der Waals surface area contributed by atoms with E-state index in [0.717, 1.165) is 41.7 Å². The highest BCUT2D eigenvalue weighted by atomic mass is 32.1. The van der Waals surface area contributed by atoms with Gasteiger partial charge in [0.05, 0.1) is 12.1 Å². The summed E-state index contributed by atoms with van der Waals surface area (Å²) in [5, 5.41) is 6.00. The molecule has 0 spiro atoms. The van der Waals surface area contributed by atoms with Crippen molar-refractivity contribution in [3.63, 3.8) is 0 Å². The maximum atomic E-state index is 12.1. The van der Waals surface area contributed by atoms with Gasteiger partial charge in [0.2, 0.25) is 5.91 Å². The molecule has 0 aliphatic carbocycles. The van der Waals surface area contributed by atoms with Crippen molar-refractivity contribution in [2.24, 2.45) is 5.92 Å². The summed E-state index contributed by atoms with van der Waals surface area (Å²) in [5.74, 6) is 0.937. The molecule has 1 aliphatic rings. The van der Waals surface area contributed by atoms with E-state index < -0.39 is 0 Å². The minimum Gasteiger partial charge on any atom is -0.356 e. The Morgan fingerprint density at radius 1 is 1.27 bits per heavy atom. The highest BCUT2D eigenvalue weighted by Crippen LogP contribution is 2.24. The minimum absolute atomic E-state index is 0.0676. The SMILES string of the molecule is Cc1ccc(-c2nc(CC(=O)NCCCN3CCC(C)CC3)cs2)cc1. The van der Waals surface area contributed by atoms with Crippen molar-refractivity contribution in [3.8, 4) is 10.6 Å². The van der Waals surface area contributed by atoms with Crippen LogP contribution in [0.1, 0.15) is 37.4 Å². The Morgan fingerprint density at radius 3 is 2.73 bits per heavy atom. The van der Waals surface area contributed by atoms with Gasteiger partial charge >= 0.3 is 0 Å². The molecule has 4 nitrogen and oxygen atoms in total. The van der Waals surface area contributed by atoms with Crippen LogP contribution in [0.15, 0.2) is 29.6 Å². The van der Waals surface area contributed by atoms with Crippen LogP contribution in [0.3, 0.4) is 0 Å². The highest BCUT2D eigenvalue weighted by molar-refractivity contribution is 7.13. The Balaban J connectivity index is 1.38. The zero-order chi connectivity index (χ0) is 18.4. The largest absolute Gasteiger partial charge is 0.356 e. The molecule has 0 saturated carbocycles. The summed E-state index contributed by atoms with van der Waals surface area (Å²) in [6, 6.07) is 8.34. The van der Waals surface area contributed by atoms with E-state index >= 15 is 0 Å². The van der Waals surface area contributed by atoms with E-state index in [1.54, 1.807) is 11.3 Å². The second-order valence-corrected chi connectivity index (χ2v) is 8.27. The molecular formula is C21H29N3OS. The quantitative estimate of drug-likeness (QED) is 0.751. The molecule has 0 atom stereocenters. The predicted molar refractivity (Wildman–Crippen MR) is 108 cm³/mol.